The van der Waals surface area contributed by atoms with Gasteiger partial charge in [-0.25, -0.2) is 4.57 Å². The Morgan fingerprint density at radius 3 is 2.07 bits per heavy atom. The van der Waals surface area contributed by atoms with Crippen molar-refractivity contribution in [1.29, 1.82) is 0 Å². The van der Waals surface area contributed by atoms with E-state index in [2.05, 4.69) is 16.0 Å². The SMILES string of the molecule is CCCCCCCCCCCCC(=O)OC[C@@H](O)COP(=O)(O)OCCN. The molecule has 0 bridgehead atoms. The molecule has 0 spiro atoms. The van der Waals surface area contributed by atoms with Crippen LogP contribution in [0.3, 0.4) is 0 Å². The molecule has 4 N–H and O–H groups in total. The number of phosphoric acid groups is 1. The van der Waals surface area contributed by atoms with Gasteiger partial charge in [-0.2, -0.15) is 0 Å². The minimum absolute atomic E-state index is 0.0764. The van der Waals surface area contributed by atoms with Crippen LogP contribution < -0.4 is 5.73 Å². The Morgan fingerprint density at radius 2 is 1.52 bits per heavy atom. The first kappa shape index (κ1) is 26.5. The lowest BCUT2D eigenvalue weighted by Gasteiger charge is -2.15. The Hall–Kier alpha value is -0.500. The number of esters is 1. The number of phosphoric ester groups is 1. The molecule has 162 valence electrons. The van der Waals surface area contributed by atoms with Crippen LogP contribution in [0, 0.1) is 0 Å². The van der Waals surface area contributed by atoms with Crippen LogP contribution in [0.4, 0.5) is 0 Å². The van der Waals surface area contributed by atoms with E-state index in [9.17, 15) is 19.4 Å². The monoisotopic (exact) mass is 411 g/mol. The lowest BCUT2D eigenvalue weighted by atomic mass is 10.1. The van der Waals surface area contributed by atoms with Gasteiger partial charge in [0.05, 0.1) is 13.2 Å². The predicted octanol–water partition coefficient (Wildman–Crippen LogP) is 3.29. The number of aliphatic hydroxyl groups is 1. The third-order valence-corrected chi connectivity index (χ3v) is 4.96. The Labute approximate surface area is 163 Å². The second kappa shape index (κ2) is 17.6. The highest BCUT2D eigenvalue weighted by Crippen LogP contribution is 2.42. The number of aliphatic hydroxyl groups excluding tert-OH is 1. The predicted molar refractivity (Wildman–Crippen MR) is 104 cm³/mol. The average Bonchev–Trinajstić information content (AvgIpc) is 2.64. The maximum Gasteiger partial charge on any atom is 0.472 e. The molecule has 0 amide bonds. The highest BCUT2D eigenvalue weighted by atomic mass is 31.2. The molecule has 9 heteroatoms. The molecule has 0 aromatic rings. The van der Waals surface area contributed by atoms with Crippen LogP contribution in [0.2, 0.25) is 0 Å². The van der Waals surface area contributed by atoms with Crippen LogP contribution in [-0.2, 0) is 23.1 Å². The minimum Gasteiger partial charge on any atom is -0.463 e. The van der Waals surface area contributed by atoms with E-state index >= 15 is 0 Å². The van der Waals surface area contributed by atoms with Crippen molar-refractivity contribution in [2.24, 2.45) is 5.73 Å². The molecule has 1 unspecified atom stereocenters. The standard InChI is InChI=1S/C18H38NO7P/c1-2-3-4-5-6-7-8-9-10-11-12-18(21)24-15-17(20)16-26-27(22,23)25-14-13-19/h17,20H,2-16,19H2,1H3,(H,22,23)/t17-/m1/s1. The fourth-order valence-electron chi connectivity index (χ4n) is 2.45. The van der Waals surface area contributed by atoms with Gasteiger partial charge in [-0.15, -0.1) is 0 Å². The van der Waals surface area contributed by atoms with Crippen molar-refractivity contribution in [3.05, 3.63) is 0 Å². The molecule has 0 rings (SSSR count). The van der Waals surface area contributed by atoms with Crippen molar-refractivity contribution in [3.63, 3.8) is 0 Å². The van der Waals surface area contributed by atoms with E-state index in [1.807, 2.05) is 0 Å². The largest absolute Gasteiger partial charge is 0.472 e. The number of ether oxygens (including phenoxy) is 1. The van der Waals surface area contributed by atoms with Gasteiger partial charge in [-0.05, 0) is 6.42 Å². The number of hydrogen-bond donors (Lipinski definition) is 3. The Kier molecular flexibility index (Phi) is 17.3. The zero-order valence-electron chi connectivity index (χ0n) is 16.6. The molecule has 0 saturated heterocycles. The smallest absolute Gasteiger partial charge is 0.463 e. The van der Waals surface area contributed by atoms with E-state index < -0.39 is 20.5 Å². The van der Waals surface area contributed by atoms with Crippen LogP contribution >= 0.6 is 7.82 Å². The number of rotatable bonds is 19. The van der Waals surface area contributed by atoms with E-state index in [-0.39, 0.29) is 25.7 Å². The molecule has 0 heterocycles. The molecule has 27 heavy (non-hydrogen) atoms. The van der Waals surface area contributed by atoms with E-state index in [1.54, 1.807) is 0 Å². The fourth-order valence-corrected chi connectivity index (χ4v) is 3.22. The fraction of sp³-hybridized carbons (Fsp3) is 0.944. The van der Waals surface area contributed by atoms with Gasteiger partial charge in [0.25, 0.3) is 0 Å². The maximum atomic E-state index is 11.6. The molecule has 0 aliphatic carbocycles. The molecule has 0 aliphatic rings. The van der Waals surface area contributed by atoms with Crippen molar-refractivity contribution >= 4 is 13.8 Å². The highest BCUT2D eigenvalue weighted by Gasteiger charge is 2.22. The molecule has 0 saturated carbocycles. The Bertz CT molecular complexity index is 409. The normalized spacial score (nSPS) is 14.7. The minimum atomic E-state index is -4.23. The molecule has 0 aliphatic heterocycles. The Morgan fingerprint density at radius 1 is 0.963 bits per heavy atom. The number of nitrogens with two attached hydrogens (primary N) is 1. The zero-order chi connectivity index (χ0) is 20.4. The van der Waals surface area contributed by atoms with Crippen LogP contribution in [0.25, 0.3) is 0 Å². The van der Waals surface area contributed by atoms with Gasteiger partial charge < -0.3 is 20.5 Å². The molecular formula is C18H38NO7P. The van der Waals surface area contributed by atoms with Crippen LogP contribution in [0.5, 0.6) is 0 Å². The average molecular weight is 411 g/mol. The van der Waals surface area contributed by atoms with Crippen molar-refractivity contribution in [3.8, 4) is 0 Å². The van der Waals surface area contributed by atoms with Gasteiger partial charge >= 0.3 is 13.8 Å². The van der Waals surface area contributed by atoms with Crippen molar-refractivity contribution < 1.29 is 33.1 Å². The first-order chi connectivity index (χ1) is 12.9. The number of hydrogen-bond acceptors (Lipinski definition) is 7. The Balaban J connectivity index is 3.53. The molecule has 0 aromatic heterocycles. The summed E-state index contributed by atoms with van der Waals surface area (Å²) in [4.78, 5) is 20.9. The van der Waals surface area contributed by atoms with Crippen molar-refractivity contribution in [1.82, 2.24) is 0 Å². The summed E-state index contributed by atoms with van der Waals surface area (Å²) in [6, 6.07) is 0. The second-order valence-corrected chi connectivity index (χ2v) is 8.11. The molecule has 0 radical (unpaired) electrons. The molecule has 8 nitrogen and oxygen atoms in total. The summed E-state index contributed by atoms with van der Waals surface area (Å²) in [7, 11) is -4.23. The maximum absolute atomic E-state index is 11.6. The second-order valence-electron chi connectivity index (χ2n) is 6.66. The van der Waals surface area contributed by atoms with Gasteiger partial charge in [-0.3, -0.25) is 13.8 Å². The third-order valence-electron chi connectivity index (χ3n) is 3.97. The number of unbranched alkanes of at least 4 members (excludes halogenated alkanes) is 9. The van der Waals surface area contributed by atoms with Gasteiger partial charge in [-0.1, -0.05) is 64.7 Å². The quantitative estimate of drug-likeness (QED) is 0.168. The number of carbonyl (C=O) groups excluding carboxylic acids is 1. The first-order valence-corrected chi connectivity index (χ1v) is 11.6. The lowest BCUT2D eigenvalue weighted by Crippen LogP contribution is -2.23. The highest BCUT2D eigenvalue weighted by molar-refractivity contribution is 7.47. The summed E-state index contributed by atoms with van der Waals surface area (Å²) in [5, 5.41) is 9.62. The summed E-state index contributed by atoms with van der Waals surface area (Å²) in [6.07, 6.45) is 11.0. The van der Waals surface area contributed by atoms with E-state index in [0.717, 1.165) is 19.3 Å². The number of carbonyl (C=O) groups is 1. The van der Waals surface area contributed by atoms with Gasteiger partial charge in [0.15, 0.2) is 0 Å². The summed E-state index contributed by atoms with van der Waals surface area (Å²) < 4.78 is 25.4. The van der Waals surface area contributed by atoms with E-state index in [4.69, 9.17) is 10.5 Å². The van der Waals surface area contributed by atoms with Gasteiger partial charge in [0.2, 0.25) is 0 Å². The van der Waals surface area contributed by atoms with Crippen LogP contribution in [-0.4, -0.2) is 48.4 Å². The summed E-state index contributed by atoms with van der Waals surface area (Å²) in [6.45, 7) is 1.41. The van der Waals surface area contributed by atoms with Gasteiger partial charge in [0, 0.05) is 13.0 Å². The lowest BCUT2D eigenvalue weighted by molar-refractivity contribution is -0.147. The van der Waals surface area contributed by atoms with E-state index in [0.29, 0.717) is 6.42 Å². The topological polar surface area (TPSA) is 128 Å². The summed E-state index contributed by atoms with van der Waals surface area (Å²) >= 11 is 0. The molecule has 0 aromatic carbocycles. The van der Waals surface area contributed by atoms with Crippen molar-refractivity contribution in [2.45, 2.75) is 83.7 Å². The van der Waals surface area contributed by atoms with Crippen molar-refractivity contribution in [2.75, 3.05) is 26.4 Å². The summed E-state index contributed by atoms with van der Waals surface area (Å²) in [5.41, 5.74) is 5.15. The zero-order valence-corrected chi connectivity index (χ0v) is 17.5. The molecule has 2 atom stereocenters. The van der Waals surface area contributed by atoms with Crippen LogP contribution in [0.15, 0.2) is 0 Å². The van der Waals surface area contributed by atoms with Gasteiger partial charge in [0.1, 0.15) is 12.7 Å². The third kappa shape index (κ3) is 18.6. The molecule has 0 fully saturated rings. The summed E-state index contributed by atoms with van der Waals surface area (Å²) in [5.74, 6) is -0.389. The first-order valence-electron chi connectivity index (χ1n) is 10.1. The molecular weight excluding hydrogens is 373 g/mol. The van der Waals surface area contributed by atoms with Crippen LogP contribution in [0.1, 0.15) is 77.6 Å². The van der Waals surface area contributed by atoms with E-state index in [1.165, 1.54) is 44.9 Å².